The van der Waals surface area contributed by atoms with E-state index in [4.69, 9.17) is 10.5 Å². The Hall–Kier alpha value is -1.36. The van der Waals surface area contributed by atoms with E-state index in [2.05, 4.69) is 15.3 Å². The molecule has 0 saturated heterocycles. The van der Waals surface area contributed by atoms with E-state index in [0.717, 1.165) is 0 Å². The highest BCUT2D eigenvalue weighted by molar-refractivity contribution is 5.49. The maximum Gasteiger partial charge on any atom is 0.179 e. The minimum atomic E-state index is 0.296. The van der Waals surface area contributed by atoms with E-state index < -0.39 is 0 Å². The maximum absolute atomic E-state index is 5.48. The zero-order valence-electron chi connectivity index (χ0n) is 9.45. The highest BCUT2D eigenvalue weighted by atomic mass is 16.5. The molecule has 0 unspecified atom stereocenters. The number of ether oxygens (including phenoxy) is 1. The molecule has 1 aromatic heterocycles. The monoisotopic (exact) mass is 210 g/mol. The number of hydrogen-bond donors (Lipinski definition) is 2. The highest BCUT2D eigenvalue weighted by Crippen LogP contribution is 2.21. The topological polar surface area (TPSA) is 73.1 Å². The number of anilines is 1. The van der Waals surface area contributed by atoms with Crippen LogP contribution in [0.25, 0.3) is 0 Å². The van der Waals surface area contributed by atoms with E-state index in [1.807, 2.05) is 20.8 Å². The van der Waals surface area contributed by atoms with Crippen molar-refractivity contribution in [1.29, 1.82) is 0 Å². The van der Waals surface area contributed by atoms with Crippen LogP contribution in [0.2, 0.25) is 0 Å². The fourth-order valence-corrected chi connectivity index (χ4v) is 1.14. The summed E-state index contributed by atoms with van der Waals surface area (Å²) in [6, 6.07) is 0.296. The van der Waals surface area contributed by atoms with Gasteiger partial charge in [-0.2, -0.15) is 0 Å². The summed E-state index contributed by atoms with van der Waals surface area (Å²) in [5.41, 5.74) is 5.48. The Balaban J connectivity index is 2.93. The largest absolute Gasteiger partial charge is 0.488 e. The molecule has 0 aromatic carbocycles. The molecule has 15 heavy (non-hydrogen) atoms. The molecule has 0 saturated carbocycles. The van der Waals surface area contributed by atoms with Crippen LogP contribution in [0.5, 0.6) is 5.75 Å². The standard InChI is InChI=1S/C10H18N4O/c1-4-15-8-6-12-9(5-11)14-10(8)13-7(2)3/h6-7H,4-5,11H2,1-3H3,(H,12,13,14). The van der Waals surface area contributed by atoms with E-state index in [0.29, 0.717) is 36.6 Å². The van der Waals surface area contributed by atoms with Crippen molar-refractivity contribution in [2.24, 2.45) is 5.73 Å². The third kappa shape index (κ3) is 3.36. The second-order valence-corrected chi connectivity index (χ2v) is 3.44. The van der Waals surface area contributed by atoms with E-state index in [9.17, 15) is 0 Å². The highest BCUT2D eigenvalue weighted by Gasteiger charge is 2.08. The summed E-state index contributed by atoms with van der Waals surface area (Å²) in [5, 5.41) is 3.20. The van der Waals surface area contributed by atoms with Crippen molar-refractivity contribution in [3.8, 4) is 5.75 Å². The predicted molar refractivity (Wildman–Crippen MR) is 59.9 cm³/mol. The normalized spacial score (nSPS) is 10.5. The Labute approximate surface area is 90.1 Å². The van der Waals surface area contributed by atoms with Gasteiger partial charge in [0, 0.05) is 6.04 Å². The van der Waals surface area contributed by atoms with Gasteiger partial charge in [0.15, 0.2) is 11.6 Å². The quantitative estimate of drug-likeness (QED) is 0.762. The summed E-state index contributed by atoms with van der Waals surface area (Å²) in [7, 11) is 0. The van der Waals surface area contributed by atoms with Crippen molar-refractivity contribution < 1.29 is 4.74 Å². The van der Waals surface area contributed by atoms with Crippen LogP contribution in [0.4, 0.5) is 5.82 Å². The SMILES string of the molecule is CCOc1cnc(CN)nc1NC(C)C. The van der Waals surface area contributed by atoms with E-state index >= 15 is 0 Å². The lowest BCUT2D eigenvalue weighted by Gasteiger charge is -2.13. The van der Waals surface area contributed by atoms with Gasteiger partial charge in [-0.1, -0.05) is 0 Å². The Bertz CT molecular complexity index is 314. The lowest BCUT2D eigenvalue weighted by molar-refractivity contribution is 0.338. The molecule has 0 radical (unpaired) electrons. The second kappa shape index (κ2) is 5.50. The minimum absolute atomic E-state index is 0.296. The molecule has 1 aromatic rings. The van der Waals surface area contributed by atoms with E-state index in [1.165, 1.54) is 0 Å². The van der Waals surface area contributed by atoms with Gasteiger partial charge in [0.2, 0.25) is 0 Å². The number of aromatic nitrogens is 2. The minimum Gasteiger partial charge on any atom is -0.488 e. The molecule has 0 bridgehead atoms. The van der Waals surface area contributed by atoms with Gasteiger partial charge in [0.05, 0.1) is 19.3 Å². The first-order valence-electron chi connectivity index (χ1n) is 5.12. The van der Waals surface area contributed by atoms with Gasteiger partial charge in [-0.3, -0.25) is 0 Å². The van der Waals surface area contributed by atoms with Crippen molar-refractivity contribution in [3.63, 3.8) is 0 Å². The van der Waals surface area contributed by atoms with Gasteiger partial charge < -0.3 is 15.8 Å². The van der Waals surface area contributed by atoms with Crippen molar-refractivity contribution in [3.05, 3.63) is 12.0 Å². The van der Waals surface area contributed by atoms with Crippen molar-refractivity contribution in [2.75, 3.05) is 11.9 Å². The van der Waals surface area contributed by atoms with Gasteiger partial charge in [0.25, 0.3) is 0 Å². The molecule has 0 aliphatic carbocycles. The molecule has 5 heteroatoms. The summed E-state index contributed by atoms with van der Waals surface area (Å²) in [6.45, 7) is 6.94. The molecule has 0 amide bonds. The zero-order valence-corrected chi connectivity index (χ0v) is 9.45. The number of rotatable bonds is 5. The first-order chi connectivity index (χ1) is 7.17. The third-order valence-electron chi connectivity index (χ3n) is 1.71. The summed E-state index contributed by atoms with van der Waals surface area (Å²) in [6.07, 6.45) is 1.66. The Morgan fingerprint density at radius 2 is 2.27 bits per heavy atom. The molecule has 0 fully saturated rings. The summed E-state index contributed by atoms with van der Waals surface area (Å²) in [4.78, 5) is 8.36. The van der Waals surface area contributed by atoms with E-state index in [1.54, 1.807) is 6.20 Å². The molecule has 3 N–H and O–H groups in total. The van der Waals surface area contributed by atoms with Crippen molar-refractivity contribution in [2.45, 2.75) is 33.4 Å². The van der Waals surface area contributed by atoms with Gasteiger partial charge in [-0.15, -0.1) is 0 Å². The first-order valence-corrected chi connectivity index (χ1v) is 5.12. The average Bonchev–Trinajstić information content (AvgIpc) is 2.20. The molecule has 1 heterocycles. The first kappa shape index (κ1) is 11.7. The van der Waals surface area contributed by atoms with Crippen LogP contribution in [-0.2, 0) is 6.54 Å². The average molecular weight is 210 g/mol. The smallest absolute Gasteiger partial charge is 0.179 e. The zero-order chi connectivity index (χ0) is 11.3. The van der Waals surface area contributed by atoms with Crippen LogP contribution < -0.4 is 15.8 Å². The molecule has 0 aliphatic rings. The maximum atomic E-state index is 5.48. The van der Waals surface area contributed by atoms with Crippen LogP contribution in [-0.4, -0.2) is 22.6 Å². The van der Waals surface area contributed by atoms with Crippen molar-refractivity contribution in [1.82, 2.24) is 9.97 Å². The molecule has 0 spiro atoms. The van der Waals surface area contributed by atoms with Crippen molar-refractivity contribution >= 4 is 5.82 Å². The van der Waals surface area contributed by atoms with E-state index in [-0.39, 0.29) is 0 Å². The fourth-order valence-electron chi connectivity index (χ4n) is 1.14. The van der Waals surface area contributed by atoms with Crippen LogP contribution in [0.1, 0.15) is 26.6 Å². The lowest BCUT2D eigenvalue weighted by Crippen LogP contribution is -2.15. The number of nitrogens with two attached hydrogens (primary N) is 1. The van der Waals surface area contributed by atoms with Crippen LogP contribution in [0, 0.1) is 0 Å². The summed E-state index contributed by atoms with van der Waals surface area (Å²) in [5.74, 6) is 1.99. The predicted octanol–water partition coefficient (Wildman–Crippen LogP) is 1.15. The van der Waals surface area contributed by atoms with Gasteiger partial charge >= 0.3 is 0 Å². The molecular weight excluding hydrogens is 192 g/mol. The number of hydrogen-bond acceptors (Lipinski definition) is 5. The van der Waals surface area contributed by atoms with Crippen LogP contribution in [0.15, 0.2) is 6.20 Å². The molecule has 5 nitrogen and oxygen atoms in total. The van der Waals surface area contributed by atoms with Crippen LogP contribution >= 0.6 is 0 Å². The Morgan fingerprint density at radius 1 is 1.53 bits per heavy atom. The van der Waals surface area contributed by atoms with Crippen LogP contribution in [0.3, 0.4) is 0 Å². The lowest BCUT2D eigenvalue weighted by atomic mass is 10.4. The van der Waals surface area contributed by atoms with Gasteiger partial charge in [-0.25, -0.2) is 9.97 Å². The molecular formula is C10H18N4O. The fraction of sp³-hybridized carbons (Fsp3) is 0.600. The number of nitrogens with one attached hydrogen (secondary N) is 1. The van der Waals surface area contributed by atoms with Gasteiger partial charge in [0.1, 0.15) is 5.82 Å². The molecule has 84 valence electrons. The molecule has 0 aliphatic heterocycles. The molecule has 1 rings (SSSR count). The third-order valence-corrected chi connectivity index (χ3v) is 1.71. The summed E-state index contributed by atoms with van der Waals surface area (Å²) < 4.78 is 5.41. The summed E-state index contributed by atoms with van der Waals surface area (Å²) >= 11 is 0. The Morgan fingerprint density at radius 3 is 2.80 bits per heavy atom. The van der Waals surface area contributed by atoms with Gasteiger partial charge in [-0.05, 0) is 20.8 Å². The molecule has 0 atom stereocenters. The number of nitrogens with zero attached hydrogens (tertiary/aromatic N) is 2. The second-order valence-electron chi connectivity index (χ2n) is 3.44. The Kier molecular flexibility index (Phi) is 4.30.